The van der Waals surface area contributed by atoms with E-state index in [0.29, 0.717) is 36.1 Å². The van der Waals surface area contributed by atoms with E-state index >= 15 is 0 Å². The standard InChI is InChI=1S/C19H22N6O3/c1-3-16-23-19(28-24-16)13-6-7-17(20-9-13)25-12(2)15(11-22-25)18(26)21-10-14-5-4-8-27-14/h6-7,9,11,14H,3-5,8,10H2,1-2H3,(H,21,26)/t14-/m0/s1. The van der Waals surface area contributed by atoms with E-state index < -0.39 is 0 Å². The molecular formula is C19H22N6O3. The number of rotatable bonds is 6. The lowest BCUT2D eigenvalue weighted by atomic mass is 10.2. The van der Waals surface area contributed by atoms with Crippen LogP contribution in [-0.2, 0) is 11.2 Å². The molecule has 1 atom stereocenters. The fraction of sp³-hybridized carbons (Fsp3) is 0.421. The zero-order valence-corrected chi connectivity index (χ0v) is 15.9. The molecule has 1 fully saturated rings. The van der Waals surface area contributed by atoms with Crippen molar-refractivity contribution in [3.63, 3.8) is 0 Å². The van der Waals surface area contributed by atoms with Gasteiger partial charge in [0.1, 0.15) is 0 Å². The summed E-state index contributed by atoms with van der Waals surface area (Å²) in [5.41, 5.74) is 1.97. The number of hydrogen-bond donors (Lipinski definition) is 1. The number of amides is 1. The summed E-state index contributed by atoms with van der Waals surface area (Å²) in [6.07, 6.45) is 6.05. The predicted octanol–water partition coefficient (Wildman–Crippen LogP) is 2.10. The van der Waals surface area contributed by atoms with E-state index in [0.717, 1.165) is 30.7 Å². The third-order valence-corrected chi connectivity index (χ3v) is 4.76. The van der Waals surface area contributed by atoms with E-state index in [1.807, 2.05) is 19.9 Å². The Bertz CT molecular complexity index is 956. The smallest absolute Gasteiger partial charge is 0.259 e. The number of ether oxygens (including phenoxy) is 1. The summed E-state index contributed by atoms with van der Waals surface area (Å²) in [7, 11) is 0. The first-order valence-electron chi connectivity index (χ1n) is 9.39. The van der Waals surface area contributed by atoms with Crippen molar-refractivity contribution in [2.24, 2.45) is 0 Å². The van der Waals surface area contributed by atoms with Crippen molar-refractivity contribution in [3.8, 4) is 17.3 Å². The fourth-order valence-electron chi connectivity index (χ4n) is 3.12. The van der Waals surface area contributed by atoms with Gasteiger partial charge in [0.05, 0.1) is 29.1 Å². The molecule has 1 aliphatic heterocycles. The number of pyridine rings is 1. The second-order valence-corrected chi connectivity index (χ2v) is 6.67. The summed E-state index contributed by atoms with van der Waals surface area (Å²) in [6, 6.07) is 3.65. The van der Waals surface area contributed by atoms with Crippen LogP contribution < -0.4 is 5.32 Å². The van der Waals surface area contributed by atoms with Gasteiger partial charge < -0.3 is 14.6 Å². The van der Waals surface area contributed by atoms with Gasteiger partial charge in [-0.3, -0.25) is 4.79 Å². The van der Waals surface area contributed by atoms with E-state index in [4.69, 9.17) is 9.26 Å². The average Bonchev–Trinajstić information content (AvgIpc) is 3.47. The van der Waals surface area contributed by atoms with Crippen molar-refractivity contribution in [2.45, 2.75) is 39.2 Å². The Morgan fingerprint density at radius 1 is 1.36 bits per heavy atom. The maximum absolute atomic E-state index is 12.5. The van der Waals surface area contributed by atoms with Crippen LogP contribution in [-0.4, -0.2) is 50.1 Å². The van der Waals surface area contributed by atoms with Crippen molar-refractivity contribution in [3.05, 3.63) is 41.6 Å². The van der Waals surface area contributed by atoms with Gasteiger partial charge in [-0.05, 0) is 31.9 Å². The van der Waals surface area contributed by atoms with Crippen LogP contribution in [0.3, 0.4) is 0 Å². The summed E-state index contributed by atoms with van der Waals surface area (Å²) in [5.74, 6) is 1.53. The lowest BCUT2D eigenvalue weighted by Gasteiger charge is -2.10. The molecule has 1 aliphatic rings. The highest BCUT2D eigenvalue weighted by Crippen LogP contribution is 2.19. The molecule has 3 aromatic rings. The fourth-order valence-corrected chi connectivity index (χ4v) is 3.12. The van der Waals surface area contributed by atoms with Crippen molar-refractivity contribution >= 4 is 5.91 Å². The van der Waals surface area contributed by atoms with Gasteiger partial charge in [-0.25, -0.2) is 9.67 Å². The molecule has 0 aliphatic carbocycles. The van der Waals surface area contributed by atoms with Crippen LogP contribution in [0, 0.1) is 6.92 Å². The molecule has 0 spiro atoms. The average molecular weight is 382 g/mol. The van der Waals surface area contributed by atoms with Gasteiger partial charge >= 0.3 is 0 Å². The summed E-state index contributed by atoms with van der Waals surface area (Å²) < 4.78 is 12.4. The number of carbonyl (C=O) groups is 1. The summed E-state index contributed by atoms with van der Waals surface area (Å²) in [5, 5.41) is 11.1. The van der Waals surface area contributed by atoms with Crippen LogP contribution in [0.1, 0.15) is 41.6 Å². The predicted molar refractivity (Wildman–Crippen MR) is 100 cm³/mol. The summed E-state index contributed by atoms with van der Waals surface area (Å²) >= 11 is 0. The van der Waals surface area contributed by atoms with E-state index in [1.54, 1.807) is 23.1 Å². The minimum atomic E-state index is -0.158. The van der Waals surface area contributed by atoms with Gasteiger partial charge in [0.15, 0.2) is 11.6 Å². The molecule has 0 radical (unpaired) electrons. The second kappa shape index (κ2) is 7.89. The van der Waals surface area contributed by atoms with Crippen LogP contribution in [0.4, 0.5) is 0 Å². The van der Waals surface area contributed by atoms with Crippen LogP contribution in [0.5, 0.6) is 0 Å². The number of carbonyl (C=O) groups excluding carboxylic acids is 1. The topological polar surface area (TPSA) is 108 Å². The SMILES string of the molecule is CCc1noc(-c2ccc(-n3ncc(C(=O)NC[C@@H]4CCCO4)c3C)nc2)n1. The Morgan fingerprint density at radius 3 is 2.93 bits per heavy atom. The summed E-state index contributed by atoms with van der Waals surface area (Å²) in [4.78, 5) is 21.2. The van der Waals surface area contributed by atoms with Crippen LogP contribution in [0.15, 0.2) is 29.0 Å². The Kier molecular flexibility index (Phi) is 5.16. The number of nitrogens with zero attached hydrogens (tertiary/aromatic N) is 5. The molecule has 0 bridgehead atoms. The van der Waals surface area contributed by atoms with Crippen LogP contribution in [0.2, 0.25) is 0 Å². The van der Waals surface area contributed by atoms with Gasteiger partial charge in [-0.2, -0.15) is 10.1 Å². The van der Waals surface area contributed by atoms with Crippen molar-refractivity contribution in [1.82, 2.24) is 30.2 Å². The third-order valence-electron chi connectivity index (χ3n) is 4.76. The van der Waals surface area contributed by atoms with Crippen molar-refractivity contribution in [1.29, 1.82) is 0 Å². The molecule has 0 aromatic carbocycles. The Hall–Kier alpha value is -3.07. The molecule has 4 rings (SSSR count). The highest BCUT2D eigenvalue weighted by Gasteiger charge is 2.20. The van der Waals surface area contributed by atoms with E-state index in [9.17, 15) is 4.79 Å². The van der Waals surface area contributed by atoms with Crippen molar-refractivity contribution < 1.29 is 14.1 Å². The van der Waals surface area contributed by atoms with Crippen LogP contribution >= 0.6 is 0 Å². The van der Waals surface area contributed by atoms with Crippen molar-refractivity contribution in [2.75, 3.05) is 13.2 Å². The molecule has 9 nitrogen and oxygen atoms in total. The van der Waals surface area contributed by atoms with Gasteiger partial charge in [0.25, 0.3) is 11.8 Å². The first kappa shape index (κ1) is 18.3. The molecule has 1 N–H and O–H groups in total. The maximum Gasteiger partial charge on any atom is 0.259 e. The monoisotopic (exact) mass is 382 g/mol. The van der Waals surface area contributed by atoms with Gasteiger partial charge in [-0.1, -0.05) is 12.1 Å². The molecular weight excluding hydrogens is 360 g/mol. The Balaban J connectivity index is 1.47. The largest absolute Gasteiger partial charge is 0.376 e. The molecule has 28 heavy (non-hydrogen) atoms. The molecule has 1 amide bonds. The zero-order chi connectivity index (χ0) is 19.5. The van der Waals surface area contributed by atoms with E-state index in [2.05, 4.69) is 25.5 Å². The summed E-state index contributed by atoms with van der Waals surface area (Å²) in [6.45, 7) is 5.09. The molecule has 146 valence electrons. The zero-order valence-electron chi connectivity index (χ0n) is 15.9. The second-order valence-electron chi connectivity index (χ2n) is 6.67. The minimum absolute atomic E-state index is 0.103. The quantitative estimate of drug-likeness (QED) is 0.695. The molecule has 1 saturated heterocycles. The molecule has 0 unspecified atom stereocenters. The lowest BCUT2D eigenvalue weighted by molar-refractivity contribution is 0.0857. The van der Waals surface area contributed by atoms with Gasteiger partial charge in [0.2, 0.25) is 0 Å². The molecule has 0 saturated carbocycles. The first-order valence-corrected chi connectivity index (χ1v) is 9.39. The molecule has 9 heteroatoms. The third kappa shape index (κ3) is 3.65. The van der Waals surface area contributed by atoms with Gasteiger partial charge in [0, 0.05) is 25.8 Å². The molecule has 4 heterocycles. The van der Waals surface area contributed by atoms with Gasteiger partial charge in [-0.15, -0.1) is 0 Å². The minimum Gasteiger partial charge on any atom is -0.376 e. The lowest BCUT2D eigenvalue weighted by Crippen LogP contribution is -2.32. The van der Waals surface area contributed by atoms with Crippen LogP contribution in [0.25, 0.3) is 17.3 Å². The van der Waals surface area contributed by atoms with E-state index in [1.165, 1.54) is 0 Å². The number of aryl methyl sites for hydroxylation is 1. The number of aromatic nitrogens is 5. The maximum atomic E-state index is 12.5. The van der Waals surface area contributed by atoms with E-state index in [-0.39, 0.29) is 12.0 Å². The Morgan fingerprint density at radius 2 is 2.25 bits per heavy atom. The first-order chi connectivity index (χ1) is 13.7. The normalized spacial score (nSPS) is 16.4. The Labute approximate surface area is 162 Å². The number of nitrogens with one attached hydrogen (secondary N) is 1. The highest BCUT2D eigenvalue weighted by molar-refractivity contribution is 5.95. The number of hydrogen-bond acceptors (Lipinski definition) is 7. The molecule has 3 aromatic heterocycles. The highest BCUT2D eigenvalue weighted by atomic mass is 16.5.